The normalized spacial score (nSPS) is 8.80. The summed E-state index contributed by atoms with van der Waals surface area (Å²) in [5, 5.41) is 8.21. The van der Waals surface area contributed by atoms with Gasteiger partial charge in [0.25, 0.3) is 5.56 Å². The van der Waals surface area contributed by atoms with Crippen molar-refractivity contribution in [2.75, 3.05) is 0 Å². The third-order valence-electron chi connectivity index (χ3n) is 0.988. The summed E-state index contributed by atoms with van der Waals surface area (Å²) in [5.41, 5.74) is -0.774. The van der Waals surface area contributed by atoms with Crippen LogP contribution in [0.25, 0.3) is 0 Å². The van der Waals surface area contributed by atoms with E-state index in [1.807, 2.05) is 0 Å². The molecule has 0 aliphatic carbocycles. The Hall–Kier alpha value is -1.63. The maximum atomic E-state index is 12.2. The van der Waals surface area contributed by atoms with Crippen LogP contribution < -0.4 is 5.56 Å². The number of pyridine rings is 1. The Morgan fingerprint density at radius 2 is 2.40 bits per heavy atom. The lowest BCUT2D eigenvalue weighted by molar-refractivity contribution is 0.619. The second-order valence-electron chi connectivity index (χ2n) is 1.67. The summed E-state index contributed by atoms with van der Waals surface area (Å²) in [7, 11) is 0. The molecule has 0 atom stereocenters. The first-order chi connectivity index (χ1) is 4.74. The van der Waals surface area contributed by atoms with Crippen LogP contribution in [0, 0.1) is 17.1 Å². The molecule has 0 aliphatic heterocycles. The van der Waals surface area contributed by atoms with Crippen LogP contribution in [0.3, 0.4) is 0 Å². The smallest absolute Gasteiger partial charge is 0.266 e. The Balaban J connectivity index is 3.40. The molecule has 1 rings (SSSR count). The first-order valence-electron chi connectivity index (χ1n) is 2.52. The van der Waals surface area contributed by atoms with E-state index in [0.717, 1.165) is 12.3 Å². The lowest BCUT2D eigenvalue weighted by Gasteiger charge is -1.85. The highest BCUT2D eigenvalue weighted by Gasteiger charge is 1.97. The van der Waals surface area contributed by atoms with Gasteiger partial charge in [-0.2, -0.15) is 5.26 Å². The molecule has 0 aliphatic rings. The van der Waals surface area contributed by atoms with Crippen molar-refractivity contribution in [3.05, 3.63) is 34.0 Å². The van der Waals surface area contributed by atoms with Gasteiger partial charge in [-0.25, -0.2) is 4.39 Å². The van der Waals surface area contributed by atoms with Gasteiger partial charge >= 0.3 is 0 Å². The maximum absolute atomic E-state index is 12.2. The zero-order chi connectivity index (χ0) is 7.56. The monoisotopic (exact) mass is 138 g/mol. The fourth-order valence-corrected chi connectivity index (χ4v) is 0.540. The molecule has 0 spiro atoms. The minimum Gasteiger partial charge on any atom is -0.325 e. The highest BCUT2D eigenvalue weighted by molar-refractivity contribution is 5.24. The molecule has 0 amide bonds. The van der Waals surface area contributed by atoms with Gasteiger partial charge in [0.05, 0.1) is 0 Å². The minimum absolute atomic E-state index is 0.208. The average molecular weight is 138 g/mol. The van der Waals surface area contributed by atoms with Gasteiger partial charge in [-0.1, -0.05) is 0 Å². The van der Waals surface area contributed by atoms with E-state index in [2.05, 4.69) is 4.98 Å². The van der Waals surface area contributed by atoms with E-state index in [0.29, 0.717) is 0 Å². The fourth-order valence-electron chi connectivity index (χ4n) is 0.540. The first-order valence-corrected chi connectivity index (χ1v) is 2.52. The van der Waals surface area contributed by atoms with Crippen LogP contribution in [0.5, 0.6) is 0 Å². The molecule has 50 valence electrons. The number of aromatic nitrogens is 1. The highest BCUT2D eigenvalue weighted by Crippen LogP contribution is 1.92. The number of halogens is 1. The molecule has 1 N–H and O–H groups in total. The van der Waals surface area contributed by atoms with Gasteiger partial charge in [0.15, 0.2) is 0 Å². The SMILES string of the molecule is N#Cc1cc(F)c[nH]c1=O. The molecule has 0 fully saturated rings. The fraction of sp³-hybridized carbons (Fsp3) is 0. The lowest BCUT2D eigenvalue weighted by atomic mass is 10.3. The molecule has 0 bridgehead atoms. The quantitative estimate of drug-likeness (QED) is 0.563. The van der Waals surface area contributed by atoms with Crippen LogP contribution in [0.2, 0.25) is 0 Å². The summed E-state index contributed by atoms with van der Waals surface area (Å²) >= 11 is 0. The molecular weight excluding hydrogens is 135 g/mol. The van der Waals surface area contributed by atoms with Gasteiger partial charge in [-0.15, -0.1) is 0 Å². The second-order valence-corrected chi connectivity index (χ2v) is 1.67. The molecule has 0 unspecified atom stereocenters. The predicted molar refractivity (Wildman–Crippen MR) is 31.7 cm³/mol. The van der Waals surface area contributed by atoms with E-state index in [4.69, 9.17) is 5.26 Å². The van der Waals surface area contributed by atoms with Crippen molar-refractivity contribution in [3.63, 3.8) is 0 Å². The zero-order valence-electron chi connectivity index (χ0n) is 4.89. The van der Waals surface area contributed by atoms with Crippen molar-refractivity contribution in [1.29, 1.82) is 5.26 Å². The van der Waals surface area contributed by atoms with Crippen molar-refractivity contribution in [2.45, 2.75) is 0 Å². The van der Waals surface area contributed by atoms with Gasteiger partial charge < -0.3 is 4.98 Å². The van der Waals surface area contributed by atoms with Gasteiger partial charge in [0.2, 0.25) is 0 Å². The molecule has 1 aromatic rings. The summed E-state index contributed by atoms with van der Waals surface area (Å²) in [6, 6.07) is 2.44. The standard InChI is InChI=1S/C6H3FN2O/c7-5-1-4(2-8)6(10)9-3-5/h1,3H,(H,9,10). The van der Waals surface area contributed by atoms with Crippen molar-refractivity contribution in [3.8, 4) is 6.07 Å². The van der Waals surface area contributed by atoms with Crippen LogP contribution in [0.4, 0.5) is 4.39 Å². The lowest BCUT2D eigenvalue weighted by Crippen LogP contribution is -2.08. The van der Waals surface area contributed by atoms with Crippen LogP contribution in [0.15, 0.2) is 17.1 Å². The van der Waals surface area contributed by atoms with Crippen molar-refractivity contribution < 1.29 is 4.39 Å². The van der Waals surface area contributed by atoms with E-state index in [-0.39, 0.29) is 5.56 Å². The molecule has 0 saturated carbocycles. The molecule has 0 saturated heterocycles. The van der Waals surface area contributed by atoms with E-state index in [1.54, 1.807) is 6.07 Å². The Bertz CT molecular complexity index is 336. The van der Waals surface area contributed by atoms with Crippen molar-refractivity contribution in [2.24, 2.45) is 0 Å². The number of nitrogens with zero attached hydrogens (tertiary/aromatic N) is 1. The zero-order valence-corrected chi connectivity index (χ0v) is 4.89. The molecule has 1 heterocycles. The van der Waals surface area contributed by atoms with E-state index in [1.165, 1.54) is 0 Å². The summed E-state index contributed by atoms with van der Waals surface area (Å²) in [6.07, 6.45) is 0.906. The largest absolute Gasteiger partial charge is 0.325 e. The Morgan fingerprint density at radius 3 is 2.90 bits per heavy atom. The van der Waals surface area contributed by atoms with E-state index >= 15 is 0 Å². The van der Waals surface area contributed by atoms with Crippen molar-refractivity contribution in [1.82, 2.24) is 4.98 Å². The summed E-state index contributed by atoms with van der Waals surface area (Å²) < 4.78 is 12.2. The van der Waals surface area contributed by atoms with E-state index in [9.17, 15) is 9.18 Å². The van der Waals surface area contributed by atoms with Gasteiger partial charge in [0, 0.05) is 6.20 Å². The average Bonchev–Trinajstić information content (AvgIpc) is 1.94. The molecule has 0 aromatic carbocycles. The topological polar surface area (TPSA) is 56.6 Å². The summed E-state index contributed by atoms with van der Waals surface area (Å²) in [6.45, 7) is 0. The Labute approximate surface area is 55.7 Å². The van der Waals surface area contributed by atoms with Crippen molar-refractivity contribution >= 4 is 0 Å². The third-order valence-corrected chi connectivity index (χ3v) is 0.988. The number of nitrogens with one attached hydrogen (secondary N) is 1. The number of nitriles is 1. The first kappa shape index (κ1) is 6.49. The highest BCUT2D eigenvalue weighted by atomic mass is 19.1. The molecular formula is C6H3FN2O. The molecule has 10 heavy (non-hydrogen) atoms. The number of hydrogen-bond acceptors (Lipinski definition) is 2. The number of rotatable bonds is 0. The summed E-state index contributed by atoms with van der Waals surface area (Å²) in [4.78, 5) is 12.6. The van der Waals surface area contributed by atoms with Crippen LogP contribution in [0.1, 0.15) is 5.56 Å². The van der Waals surface area contributed by atoms with Crippen LogP contribution in [-0.2, 0) is 0 Å². The van der Waals surface area contributed by atoms with Crippen LogP contribution in [-0.4, -0.2) is 4.98 Å². The minimum atomic E-state index is -0.615. The molecule has 3 nitrogen and oxygen atoms in total. The Kier molecular flexibility index (Phi) is 1.50. The third kappa shape index (κ3) is 1.03. The number of hydrogen-bond donors (Lipinski definition) is 1. The second kappa shape index (κ2) is 2.31. The van der Waals surface area contributed by atoms with Gasteiger partial charge in [-0.05, 0) is 6.07 Å². The maximum Gasteiger partial charge on any atom is 0.266 e. The number of H-pyrrole nitrogens is 1. The van der Waals surface area contributed by atoms with Crippen LogP contribution >= 0.6 is 0 Å². The molecule has 1 aromatic heterocycles. The predicted octanol–water partition coefficient (Wildman–Crippen LogP) is 0.386. The van der Waals surface area contributed by atoms with Gasteiger partial charge in [0.1, 0.15) is 17.4 Å². The van der Waals surface area contributed by atoms with E-state index < -0.39 is 11.4 Å². The molecule has 4 heteroatoms. The molecule has 0 radical (unpaired) electrons. The summed E-state index contributed by atoms with van der Waals surface area (Å²) in [5.74, 6) is -0.615. The Morgan fingerprint density at radius 1 is 1.70 bits per heavy atom. The van der Waals surface area contributed by atoms with Gasteiger partial charge in [-0.3, -0.25) is 4.79 Å². The number of aromatic amines is 1.